The number of rotatable bonds is 8. The molecule has 5 rings (SSSR count). The molecule has 11 nitrogen and oxygen atoms in total. The normalized spacial score (nSPS) is 20.8. The van der Waals surface area contributed by atoms with E-state index in [2.05, 4.69) is 49.8 Å². The van der Waals surface area contributed by atoms with Crippen LogP contribution >= 0.6 is 0 Å². The molecule has 0 amide bonds. The van der Waals surface area contributed by atoms with E-state index >= 15 is 4.39 Å². The van der Waals surface area contributed by atoms with Gasteiger partial charge >= 0.3 is 5.69 Å². The summed E-state index contributed by atoms with van der Waals surface area (Å²) in [5.41, 5.74) is -0.728. The predicted molar refractivity (Wildman–Crippen MR) is 134 cm³/mol. The Balaban J connectivity index is 1.41. The molecule has 4 heterocycles. The van der Waals surface area contributed by atoms with Crippen molar-refractivity contribution in [2.45, 2.75) is 57.2 Å². The second kappa shape index (κ2) is 10.2. The zero-order valence-electron chi connectivity index (χ0n) is 21.4. The maximum atomic E-state index is 15.0. The van der Waals surface area contributed by atoms with Crippen molar-refractivity contribution in [3.05, 3.63) is 40.4 Å². The van der Waals surface area contributed by atoms with E-state index < -0.39 is 24.0 Å². The summed E-state index contributed by atoms with van der Waals surface area (Å²) >= 11 is 0. The molecule has 2 aromatic heterocycles. The Kier molecular flexibility index (Phi) is 6.99. The molecule has 2 aliphatic heterocycles. The van der Waals surface area contributed by atoms with Gasteiger partial charge in [0.25, 0.3) is 0 Å². The first-order chi connectivity index (χ1) is 18.2. The molecule has 0 saturated carbocycles. The predicted octanol–water partition coefficient (Wildman–Crippen LogP) is 2.94. The van der Waals surface area contributed by atoms with E-state index in [-0.39, 0.29) is 47.1 Å². The Hall–Kier alpha value is -3.68. The van der Waals surface area contributed by atoms with Crippen molar-refractivity contribution in [2.24, 2.45) is 7.05 Å². The van der Waals surface area contributed by atoms with Gasteiger partial charge in [-0.1, -0.05) is 0 Å². The van der Waals surface area contributed by atoms with Crippen LogP contribution in [0.3, 0.4) is 0 Å². The Bertz CT molecular complexity index is 1380. The van der Waals surface area contributed by atoms with Gasteiger partial charge in [0.2, 0.25) is 5.95 Å². The zero-order chi connectivity index (χ0) is 27.0. The third-order valence-corrected chi connectivity index (χ3v) is 7.12. The number of ether oxygens (including phenoxy) is 1. The fourth-order valence-electron chi connectivity index (χ4n) is 5.50. The first-order valence-electron chi connectivity index (χ1n) is 12.5. The molecular weight excluding hydrogens is 503 g/mol. The van der Waals surface area contributed by atoms with Crippen LogP contribution < -0.4 is 21.1 Å². The van der Waals surface area contributed by atoms with E-state index in [0.717, 1.165) is 53.9 Å². The van der Waals surface area contributed by atoms with Gasteiger partial charge < -0.3 is 15.4 Å². The van der Waals surface area contributed by atoms with Gasteiger partial charge in [-0.25, -0.2) is 22.9 Å². The van der Waals surface area contributed by atoms with Crippen molar-refractivity contribution >= 4 is 17.5 Å². The van der Waals surface area contributed by atoms with Crippen LogP contribution in [0, 0.1) is 11.6 Å². The average molecular weight is 534 g/mol. The summed E-state index contributed by atoms with van der Waals surface area (Å²) in [6.07, 6.45) is 4.98. The number of alkyl halides is 1. The summed E-state index contributed by atoms with van der Waals surface area (Å²) in [7, 11) is 1.40. The van der Waals surface area contributed by atoms with Crippen LogP contribution in [0.2, 0.25) is 0 Å². The largest absolute Gasteiger partial charge is 0.488 e. The summed E-state index contributed by atoms with van der Waals surface area (Å²) in [6, 6.07) is 2.69. The molecule has 2 atom stereocenters. The van der Waals surface area contributed by atoms with Gasteiger partial charge in [-0.05, 0) is 62.6 Å². The van der Waals surface area contributed by atoms with Gasteiger partial charge in [0.15, 0.2) is 17.5 Å². The van der Waals surface area contributed by atoms with Gasteiger partial charge in [0.05, 0.1) is 11.9 Å². The molecule has 2 aliphatic rings. The van der Waals surface area contributed by atoms with E-state index in [1.54, 1.807) is 0 Å². The number of hydrogen-bond acceptors (Lipinski definition) is 9. The fourth-order valence-corrected chi connectivity index (χ4v) is 5.50. The lowest BCUT2D eigenvalue weighted by molar-refractivity contribution is 0.0500. The minimum absolute atomic E-state index is 0.0143. The molecular formula is C24H30F3N9O2. The van der Waals surface area contributed by atoms with E-state index in [1.807, 2.05) is 0 Å². The molecule has 0 radical (unpaired) electrons. The van der Waals surface area contributed by atoms with Gasteiger partial charge in [-0.2, -0.15) is 14.3 Å². The van der Waals surface area contributed by atoms with E-state index in [9.17, 15) is 13.6 Å². The summed E-state index contributed by atoms with van der Waals surface area (Å²) in [5, 5.41) is 13.4. The monoisotopic (exact) mass is 533 g/mol. The quantitative estimate of drug-likeness (QED) is 0.451. The Labute approximate surface area is 217 Å². The number of hydrogen-bond donors (Lipinski definition) is 2. The third-order valence-electron chi connectivity index (χ3n) is 7.12. The lowest BCUT2D eigenvalue weighted by Gasteiger charge is -2.47. The molecule has 14 heteroatoms. The third kappa shape index (κ3) is 5.04. The highest BCUT2D eigenvalue weighted by atomic mass is 19.1. The highest BCUT2D eigenvalue weighted by Crippen LogP contribution is 2.38. The Morgan fingerprint density at radius 1 is 1.21 bits per heavy atom. The van der Waals surface area contributed by atoms with Crippen LogP contribution in [0.4, 0.5) is 30.6 Å². The van der Waals surface area contributed by atoms with Crippen LogP contribution in [0.15, 0.2) is 23.1 Å². The summed E-state index contributed by atoms with van der Waals surface area (Å²) in [6.45, 7) is 4.32. The standard InChI is InChI=1S/C24H30F3N9O2/c1-24(2)12-14(9-15-5-4-7-35(15)24)29-21-17(27)13-28-22(31-21)30-18-11-19(36-23(37)34(3)32-33-36)20(10-16(18)26)38-8-6-25/h10-11,13-15H,4-9,12H2,1-3H3,(H2,28,29,30,31). The minimum Gasteiger partial charge on any atom is -0.488 e. The lowest BCUT2D eigenvalue weighted by atomic mass is 9.84. The van der Waals surface area contributed by atoms with E-state index in [4.69, 9.17) is 4.74 Å². The van der Waals surface area contributed by atoms with Gasteiger partial charge in [-0.3, -0.25) is 4.90 Å². The maximum absolute atomic E-state index is 15.0. The van der Waals surface area contributed by atoms with Gasteiger partial charge in [0, 0.05) is 30.7 Å². The fraction of sp³-hybridized carbons (Fsp3) is 0.542. The number of nitrogens with zero attached hydrogens (tertiary/aromatic N) is 7. The summed E-state index contributed by atoms with van der Waals surface area (Å²) < 4.78 is 49.6. The molecule has 3 aromatic rings. The molecule has 2 unspecified atom stereocenters. The molecule has 1 aromatic carbocycles. The molecule has 0 spiro atoms. The van der Waals surface area contributed by atoms with Crippen LogP contribution in [0.25, 0.3) is 5.69 Å². The first-order valence-corrected chi connectivity index (χ1v) is 12.5. The molecule has 2 fully saturated rings. The number of piperidine rings is 1. The molecule has 2 saturated heterocycles. The number of tetrazole rings is 1. The van der Waals surface area contributed by atoms with Crippen molar-refractivity contribution in [1.82, 2.24) is 34.7 Å². The van der Waals surface area contributed by atoms with E-state index in [1.165, 1.54) is 13.1 Å². The molecule has 38 heavy (non-hydrogen) atoms. The highest BCUT2D eigenvalue weighted by Gasteiger charge is 2.43. The smallest absolute Gasteiger partial charge is 0.368 e. The van der Waals surface area contributed by atoms with Crippen LogP contribution in [0.5, 0.6) is 5.75 Å². The summed E-state index contributed by atoms with van der Waals surface area (Å²) in [4.78, 5) is 23.2. The number of fused-ring (bicyclic) bond motifs is 1. The average Bonchev–Trinajstić information content (AvgIpc) is 3.48. The zero-order valence-corrected chi connectivity index (χ0v) is 21.4. The van der Waals surface area contributed by atoms with Crippen molar-refractivity contribution in [3.63, 3.8) is 0 Å². The second-order valence-corrected chi connectivity index (χ2v) is 10.2. The lowest BCUT2D eigenvalue weighted by Crippen LogP contribution is -2.55. The Morgan fingerprint density at radius 2 is 2.03 bits per heavy atom. The van der Waals surface area contributed by atoms with Crippen LogP contribution in [0.1, 0.15) is 39.5 Å². The topological polar surface area (TPSA) is 115 Å². The number of anilines is 3. The number of halogens is 3. The molecule has 2 N–H and O–H groups in total. The van der Waals surface area contributed by atoms with Gasteiger partial charge in [0.1, 0.15) is 24.7 Å². The summed E-state index contributed by atoms with van der Waals surface area (Å²) in [5.74, 6) is -1.54. The van der Waals surface area contributed by atoms with Crippen LogP contribution in [-0.4, -0.2) is 72.1 Å². The minimum atomic E-state index is -0.813. The molecule has 0 aliphatic carbocycles. The van der Waals surface area contributed by atoms with Crippen molar-refractivity contribution in [3.8, 4) is 11.4 Å². The maximum Gasteiger partial charge on any atom is 0.368 e. The highest BCUT2D eigenvalue weighted by molar-refractivity contribution is 5.63. The van der Waals surface area contributed by atoms with E-state index in [0.29, 0.717) is 6.04 Å². The Morgan fingerprint density at radius 3 is 2.76 bits per heavy atom. The molecule has 204 valence electrons. The van der Waals surface area contributed by atoms with Gasteiger partial charge in [-0.15, -0.1) is 0 Å². The molecule has 0 bridgehead atoms. The SMILES string of the molecule is Cn1nnn(-c2cc(Nc3ncc(F)c(NC4CC5CCCN5C(C)(C)C4)n3)c(F)cc2OCCF)c1=O. The first kappa shape index (κ1) is 25.9. The van der Waals surface area contributed by atoms with Crippen LogP contribution in [-0.2, 0) is 7.05 Å². The van der Waals surface area contributed by atoms with Crippen molar-refractivity contribution in [2.75, 3.05) is 30.5 Å². The second-order valence-electron chi connectivity index (χ2n) is 10.2. The number of aryl methyl sites for hydroxylation is 1. The number of nitrogens with one attached hydrogen (secondary N) is 2. The number of aromatic nitrogens is 6. The van der Waals surface area contributed by atoms with Crippen molar-refractivity contribution < 1.29 is 17.9 Å². The number of benzene rings is 1. The van der Waals surface area contributed by atoms with Crippen molar-refractivity contribution in [1.29, 1.82) is 0 Å².